The van der Waals surface area contributed by atoms with Gasteiger partial charge >= 0.3 is 0 Å². The summed E-state index contributed by atoms with van der Waals surface area (Å²) < 4.78 is 0. The van der Waals surface area contributed by atoms with Crippen LogP contribution < -0.4 is 11.2 Å². The SMILES string of the molecule is NC(=S)NOCC1CCCCC1. The summed E-state index contributed by atoms with van der Waals surface area (Å²) in [6, 6.07) is 0. The van der Waals surface area contributed by atoms with Crippen LogP contribution in [0.3, 0.4) is 0 Å². The van der Waals surface area contributed by atoms with Crippen molar-refractivity contribution < 1.29 is 4.84 Å². The zero-order valence-electron chi connectivity index (χ0n) is 7.21. The van der Waals surface area contributed by atoms with Crippen molar-refractivity contribution in [3.05, 3.63) is 0 Å². The van der Waals surface area contributed by atoms with Crippen LogP contribution >= 0.6 is 12.2 Å². The van der Waals surface area contributed by atoms with Crippen LogP contribution in [0.25, 0.3) is 0 Å². The molecule has 3 N–H and O–H groups in total. The van der Waals surface area contributed by atoms with E-state index in [4.69, 9.17) is 10.6 Å². The van der Waals surface area contributed by atoms with E-state index in [0.717, 1.165) is 6.61 Å². The normalized spacial score (nSPS) is 19.0. The lowest BCUT2D eigenvalue weighted by Crippen LogP contribution is -2.31. The third-order valence-electron chi connectivity index (χ3n) is 2.22. The quantitative estimate of drug-likeness (QED) is 0.518. The van der Waals surface area contributed by atoms with E-state index in [9.17, 15) is 0 Å². The third-order valence-corrected chi connectivity index (χ3v) is 2.30. The highest BCUT2D eigenvalue weighted by Crippen LogP contribution is 2.23. The van der Waals surface area contributed by atoms with E-state index in [0.29, 0.717) is 5.92 Å². The molecule has 0 amide bonds. The van der Waals surface area contributed by atoms with Gasteiger partial charge in [-0.15, -0.1) is 0 Å². The molecule has 0 saturated heterocycles. The minimum Gasteiger partial charge on any atom is -0.375 e. The van der Waals surface area contributed by atoms with Gasteiger partial charge in [0.2, 0.25) is 0 Å². The molecule has 1 aliphatic rings. The second kappa shape index (κ2) is 5.32. The summed E-state index contributed by atoms with van der Waals surface area (Å²) in [6.07, 6.45) is 6.60. The molecule has 0 aromatic heterocycles. The molecule has 0 aromatic carbocycles. The monoisotopic (exact) mass is 188 g/mol. The molecule has 1 rings (SSSR count). The molecular weight excluding hydrogens is 172 g/mol. The van der Waals surface area contributed by atoms with Gasteiger partial charge in [0.1, 0.15) is 0 Å². The van der Waals surface area contributed by atoms with Crippen LogP contribution in [-0.4, -0.2) is 11.7 Å². The fraction of sp³-hybridized carbons (Fsp3) is 0.875. The zero-order valence-corrected chi connectivity index (χ0v) is 8.03. The van der Waals surface area contributed by atoms with Gasteiger partial charge in [0.15, 0.2) is 5.11 Å². The second-order valence-electron chi connectivity index (χ2n) is 3.28. The highest BCUT2D eigenvalue weighted by molar-refractivity contribution is 7.80. The molecular formula is C8H16N2OS. The lowest BCUT2D eigenvalue weighted by atomic mass is 9.90. The van der Waals surface area contributed by atoms with Crippen molar-refractivity contribution in [2.75, 3.05) is 6.61 Å². The molecule has 0 heterocycles. The first-order chi connectivity index (χ1) is 5.79. The molecule has 0 unspecified atom stereocenters. The van der Waals surface area contributed by atoms with Crippen LogP contribution in [0.15, 0.2) is 0 Å². The summed E-state index contributed by atoms with van der Waals surface area (Å²) in [5.74, 6) is 0.695. The third kappa shape index (κ3) is 3.88. The van der Waals surface area contributed by atoms with Crippen molar-refractivity contribution in [1.82, 2.24) is 5.48 Å². The molecule has 70 valence electrons. The molecule has 12 heavy (non-hydrogen) atoms. The average molecular weight is 188 g/mol. The second-order valence-corrected chi connectivity index (χ2v) is 3.72. The van der Waals surface area contributed by atoms with Gasteiger partial charge in [0.05, 0.1) is 6.61 Å². The zero-order chi connectivity index (χ0) is 8.81. The van der Waals surface area contributed by atoms with E-state index in [1.165, 1.54) is 32.1 Å². The Labute approximate surface area is 78.6 Å². The fourth-order valence-electron chi connectivity index (χ4n) is 1.58. The first-order valence-electron chi connectivity index (χ1n) is 4.46. The highest BCUT2D eigenvalue weighted by Gasteiger charge is 2.13. The number of hydroxylamine groups is 1. The Morgan fingerprint density at radius 3 is 2.67 bits per heavy atom. The Hall–Kier alpha value is -0.350. The van der Waals surface area contributed by atoms with Gasteiger partial charge in [0, 0.05) is 0 Å². The maximum absolute atomic E-state index is 5.20. The van der Waals surface area contributed by atoms with Crippen molar-refractivity contribution in [3.8, 4) is 0 Å². The van der Waals surface area contributed by atoms with E-state index in [-0.39, 0.29) is 5.11 Å². The van der Waals surface area contributed by atoms with E-state index in [2.05, 4.69) is 17.7 Å². The Kier molecular flexibility index (Phi) is 4.32. The van der Waals surface area contributed by atoms with Gasteiger partial charge < -0.3 is 5.73 Å². The maximum atomic E-state index is 5.20. The Morgan fingerprint density at radius 1 is 1.42 bits per heavy atom. The lowest BCUT2D eigenvalue weighted by molar-refractivity contribution is 0.0456. The van der Waals surface area contributed by atoms with Crippen molar-refractivity contribution >= 4 is 17.3 Å². The van der Waals surface area contributed by atoms with Crippen LogP contribution in [0.4, 0.5) is 0 Å². The summed E-state index contributed by atoms with van der Waals surface area (Å²) >= 11 is 4.60. The van der Waals surface area contributed by atoms with Crippen LogP contribution in [-0.2, 0) is 4.84 Å². The van der Waals surface area contributed by atoms with Crippen molar-refractivity contribution in [3.63, 3.8) is 0 Å². The largest absolute Gasteiger partial charge is 0.375 e. The highest BCUT2D eigenvalue weighted by atomic mass is 32.1. The first-order valence-corrected chi connectivity index (χ1v) is 4.87. The molecule has 0 spiro atoms. The topological polar surface area (TPSA) is 47.3 Å². The Bertz CT molecular complexity index is 146. The minimum absolute atomic E-state index is 0.214. The standard InChI is InChI=1S/C8H16N2OS/c9-8(12)10-11-6-7-4-2-1-3-5-7/h7H,1-6H2,(H3,9,10,12). The summed E-state index contributed by atoms with van der Waals surface area (Å²) in [6.45, 7) is 0.733. The number of nitrogens with two attached hydrogens (primary N) is 1. The fourth-order valence-corrected chi connectivity index (χ4v) is 1.64. The van der Waals surface area contributed by atoms with E-state index in [1.54, 1.807) is 0 Å². The molecule has 0 aliphatic heterocycles. The van der Waals surface area contributed by atoms with E-state index in [1.807, 2.05) is 0 Å². The van der Waals surface area contributed by atoms with Gasteiger partial charge in [0.25, 0.3) is 0 Å². The molecule has 0 aromatic rings. The van der Waals surface area contributed by atoms with Gasteiger partial charge in [-0.25, -0.2) is 5.48 Å². The number of thiocarbonyl (C=S) groups is 1. The molecule has 0 bridgehead atoms. The predicted octanol–water partition coefficient (Wildman–Crippen LogP) is 1.33. The van der Waals surface area contributed by atoms with Gasteiger partial charge in [-0.1, -0.05) is 19.3 Å². The molecule has 1 fully saturated rings. The number of nitrogens with one attached hydrogen (secondary N) is 1. The smallest absolute Gasteiger partial charge is 0.187 e. The molecule has 0 atom stereocenters. The average Bonchev–Trinajstić information content (AvgIpc) is 2.05. The number of hydrogen-bond acceptors (Lipinski definition) is 2. The van der Waals surface area contributed by atoms with Crippen molar-refractivity contribution in [2.45, 2.75) is 32.1 Å². The number of rotatable bonds is 3. The summed E-state index contributed by atoms with van der Waals surface area (Å²) in [5, 5.41) is 0.214. The lowest BCUT2D eigenvalue weighted by Gasteiger charge is -2.20. The van der Waals surface area contributed by atoms with E-state index >= 15 is 0 Å². The molecule has 0 radical (unpaired) electrons. The minimum atomic E-state index is 0.214. The molecule has 3 nitrogen and oxygen atoms in total. The van der Waals surface area contributed by atoms with Gasteiger partial charge in [-0.3, -0.25) is 4.84 Å². The predicted molar refractivity (Wildman–Crippen MR) is 52.4 cm³/mol. The molecule has 1 saturated carbocycles. The molecule has 4 heteroatoms. The summed E-state index contributed by atoms with van der Waals surface area (Å²) in [4.78, 5) is 5.12. The Morgan fingerprint density at radius 2 is 2.08 bits per heavy atom. The Balaban J connectivity index is 2.01. The summed E-state index contributed by atoms with van der Waals surface area (Å²) in [7, 11) is 0. The van der Waals surface area contributed by atoms with Crippen LogP contribution in [0.5, 0.6) is 0 Å². The van der Waals surface area contributed by atoms with Crippen LogP contribution in [0.2, 0.25) is 0 Å². The maximum Gasteiger partial charge on any atom is 0.187 e. The first kappa shape index (κ1) is 9.74. The van der Waals surface area contributed by atoms with E-state index < -0.39 is 0 Å². The molecule has 1 aliphatic carbocycles. The summed E-state index contributed by atoms with van der Waals surface area (Å²) in [5.41, 5.74) is 7.71. The van der Waals surface area contributed by atoms with Crippen LogP contribution in [0.1, 0.15) is 32.1 Å². The van der Waals surface area contributed by atoms with Gasteiger partial charge in [-0.05, 0) is 31.0 Å². The van der Waals surface area contributed by atoms with Crippen LogP contribution in [0, 0.1) is 5.92 Å². The van der Waals surface area contributed by atoms with Crippen molar-refractivity contribution in [2.24, 2.45) is 11.7 Å². The van der Waals surface area contributed by atoms with Gasteiger partial charge in [-0.2, -0.15) is 0 Å². The number of hydrogen-bond donors (Lipinski definition) is 2. The van der Waals surface area contributed by atoms with Crippen molar-refractivity contribution in [1.29, 1.82) is 0 Å².